The lowest BCUT2D eigenvalue weighted by molar-refractivity contribution is -0.153. The first-order valence-electron chi connectivity index (χ1n) is 9.60. The first kappa shape index (κ1) is 26.3. The smallest absolute Gasteiger partial charge is 0.422 e. The molecular weight excluding hydrogens is 512 g/mol. The van der Waals surface area contributed by atoms with E-state index in [1.54, 1.807) is 44.2 Å². The number of benzene rings is 1. The average Bonchev–Trinajstić information content (AvgIpc) is 3.16. The van der Waals surface area contributed by atoms with Gasteiger partial charge in [0.1, 0.15) is 5.75 Å². The van der Waals surface area contributed by atoms with Crippen LogP contribution in [0.15, 0.2) is 29.3 Å². The van der Waals surface area contributed by atoms with Crippen LogP contribution in [-0.4, -0.2) is 57.2 Å². The number of hydrogen-bond donors (Lipinski definition) is 2. The fraction of sp³-hybridized carbons (Fsp3) is 0.600. The van der Waals surface area contributed by atoms with Crippen molar-refractivity contribution in [2.45, 2.75) is 38.4 Å². The van der Waals surface area contributed by atoms with Crippen LogP contribution in [0.4, 0.5) is 13.2 Å². The highest BCUT2D eigenvalue weighted by Gasteiger charge is 2.42. The van der Waals surface area contributed by atoms with E-state index in [9.17, 15) is 18.0 Å². The summed E-state index contributed by atoms with van der Waals surface area (Å²) in [6, 6.07) is 6.55. The Morgan fingerprint density at radius 1 is 1.20 bits per heavy atom. The fourth-order valence-electron chi connectivity index (χ4n) is 3.60. The summed E-state index contributed by atoms with van der Waals surface area (Å²) in [5.41, 5.74) is 0.133. The van der Waals surface area contributed by atoms with E-state index >= 15 is 0 Å². The van der Waals surface area contributed by atoms with Gasteiger partial charge in [-0.05, 0) is 18.9 Å². The molecule has 1 saturated carbocycles. The molecule has 2 rings (SSSR count). The van der Waals surface area contributed by atoms with Crippen molar-refractivity contribution in [3.05, 3.63) is 29.8 Å². The molecule has 1 aromatic rings. The Labute approximate surface area is 192 Å². The third-order valence-electron chi connectivity index (χ3n) is 5.05. The fourth-order valence-corrected chi connectivity index (χ4v) is 3.60. The van der Waals surface area contributed by atoms with Gasteiger partial charge >= 0.3 is 6.18 Å². The van der Waals surface area contributed by atoms with Gasteiger partial charge in [-0.1, -0.05) is 31.0 Å². The number of halogens is 4. The number of carbonyl (C=O) groups is 1. The van der Waals surface area contributed by atoms with Gasteiger partial charge in [-0.3, -0.25) is 9.79 Å². The van der Waals surface area contributed by atoms with Gasteiger partial charge in [0.05, 0.1) is 5.41 Å². The Bertz CT molecular complexity index is 720. The Hall–Kier alpha value is -1.72. The molecule has 0 radical (unpaired) electrons. The average molecular weight is 542 g/mol. The third-order valence-corrected chi connectivity index (χ3v) is 5.05. The summed E-state index contributed by atoms with van der Waals surface area (Å²) >= 11 is 0. The summed E-state index contributed by atoms with van der Waals surface area (Å²) in [6.45, 7) is -0.648. The minimum absolute atomic E-state index is 0. The van der Waals surface area contributed by atoms with Gasteiger partial charge in [-0.25, -0.2) is 0 Å². The van der Waals surface area contributed by atoms with Gasteiger partial charge in [0, 0.05) is 39.8 Å². The number of guanidine groups is 1. The number of nitrogens with one attached hydrogen (secondary N) is 2. The molecule has 0 aromatic heterocycles. The number of alkyl halides is 3. The summed E-state index contributed by atoms with van der Waals surface area (Å²) < 4.78 is 42.2. The molecule has 1 amide bonds. The van der Waals surface area contributed by atoms with Gasteiger partial charge < -0.3 is 20.3 Å². The van der Waals surface area contributed by atoms with E-state index in [-0.39, 0.29) is 42.2 Å². The number of nitrogens with zero attached hydrogens (tertiary/aromatic N) is 2. The van der Waals surface area contributed by atoms with Crippen LogP contribution in [0.5, 0.6) is 5.75 Å². The molecule has 1 fully saturated rings. The monoisotopic (exact) mass is 542 g/mol. The van der Waals surface area contributed by atoms with Crippen LogP contribution in [0, 0.1) is 5.41 Å². The molecule has 2 N–H and O–H groups in total. The van der Waals surface area contributed by atoms with Crippen LogP contribution in [0.25, 0.3) is 0 Å². The zero-order valence-electron chi connectivity index (χ0n) is 17.5. The van der Waals surface area contributed by atoms with Crippen molar-refractivity contribution in [3.8, 4) is 5.75 Å². The highest BCUT2D eigenvalue weighted by molar-refractivity contribution is 14.0. The van der Waals surface area contributed by atoms with Crippen molar-refractivity contribution in [1.29, 1.82) is 0 Å². The predicted molar refractivity (Wildman–Crippen MR) is 121 cm³/mol. The van der Waals surface area contributed by atoms with E-state index in [0.717, 1.165) is 25.7 Å². The second-order valence-electron chi connectivity index (χ2n) is 7.48. The van der Waals surface area contributed by atoms with Crippen molar-refractivity contribution in [2.24, 2.45) is 10.4 Å². The van der Waals surface area contributed by atoms with Gasteiger partial charge in [0.25, 0.3) is 0 Å². The molecule has 0 unspecified atom stereocenters. The van der Waals surface area contributed by atoms with E-state index in [0.29, 0.717) is 18.1 Å². The molecule has 1 aliphatic rings. The first-order chi connectivity index (χ1) is 13.7. The number of rotatable bonds is 7. The molecular formula is C20H30F3IN4O2. The molecule has 10 heteroatoms. The molecule has 170 valence electrons. The Balaban J connectivity index is 0.00000450. The normalized spacial score (nSPS) is 15.9. The molecule has 6 nitrogen and oxygen atoms in total. The van der Waals surface area contributed by atoms with E-state index < -0.39 is 18.2 Å². The van der Waals surface area contributed by atoms with Gasteiger partial charge in [-0.15, -0.1) is 24.0 Å². The Kier molecular flexibility index (Phi) is 10.2. The van der Waals surface area contributed by atoms with Crippen LogP contribution in [-0.2, 0) is 11.3 Å². The van der Waals surface area contributed by atoms with Crippen molar-refractivity contribution >= 4 is 35.8 Å². The lowest BCUT2D eigenvalue weighted by Gasteiger charge is -2.31. The topological polar surface area (TPSA) is 66.0 Å². The predicted octanol–water partition coefficient (Wildman–Crippen LogP) is 3.56. The van der Waals surface area contributed by atoms with Gasteiger partial charge in [0.15, 0.2) is 12.6 Å². The lowest BCUT2D eigenvalue weighted by atomic mass is 9.84. The van der Waals surface area contributed by atoms with Crippen LogP contribution in [0.2, 0.25) is 0 Å². The number of ether oxygens (including phenoxy) is 1. The third kappa shape index (κ3) is 7.51. The molecule has 0 aliphatic heterocycles. The molecule has 0 spiro atoms. The Morgan fingerprint density at radius 3 is 2.40 bits per heavy atom. The van der Waals surface area contributed by atoms with Crippen LogP contribution in [0.3, 0.4) is 0 Å². The second-order valence-corrected chi connectivity index (χ2v) is 7.48. The number of amides is 1. The number of carbonyl (C=O) groups excluding carboxylic acids is 1. The number of aliphatic imine (C=N–C) groups is 1. The molecule has 0 heterocycles. The summed E-state index contributed by atoms with van der Waals surface area (Å²) in [4.78, 5) is 18.4. The summed E-state index contributed by atoms with van der Waals surface area (Å²) in [7, 11) is 5.12. The van der Waals surface area contributed by atoms with E-state index in [4.69, 9.17) is 4.74 Å². The molecule has 1 aliphatic carbocycles. The molecule has 0 saturated heterocycles. The van der Waals surface area contributed by atoms with Crippen LogP contribution in [0.1, 0.15) is 31.2 Å². The molecule has 30 heavy (non-hydrogen) atoms. The summed E-state index contributed by atoms with van der Waals surface area (Å²) in [6.07, 6.45) is -0.731. The molecule has 0 bridgehead atoms. The van der Waals surface area contributed by atoms with E-state index in [1.165, 1.54) is 6.07 Å². The standard InChI is InChI=1S/C20H29F3N4O2.HI/c1-24-18(26-13-19(10-6-7-11-19)17(28)27(2)3)25-12-15-8-4-5-9-16(15)29-14-20(21,22)23;/h4-5,8-9H,6-7,10-14H2,1-3H3,(H2,24,25,26);1H. The highest BCUT2D eigenvalue weighted by atomic mass is 127. The maximum absolute atomic E-state index is 12.7. The maximum Gasteiger partial charge on any atom is 0.422 e. The van der Waals surface area contributed by atoms with E-state index in [1.807, 2.05) is 0 Å². The molecule has 1 aromatic carbocycles. The van der Waals surface area contributed by atoms with Gasteiger partial charge in [0.2, 0.25) is 5.91 Å². The zero-order chi connectivity index (χ0) is 21.5. The number of para-hydroxylation sites is 1. The first-order valence-corrected chi connectivity index (χ1v) is 9.60. The lowest BCUT2D eigenvalue weighted by Crippen LogP contribution is -2.49. The van der Waals surface area contributed by atoms with Crippen molar-refractivity contribution in [1.82, 2.24) is 15.5 Å². The van der Waals surface area contributed by atoms with Crippen molar-refractivity contribution < 1.29 is 22.7 Å². The second kappa shape index (κ2) is 11.6. The minimum atomic E-state index is -4.40. The summed E-state index contributed by atoms with van der Waals surface area (Å²) in [5, 5.41) is 6.29. The van der Waals surface area contributed by atoms with Crippen molar-refractivity contribution in [2.75, 3.05) is 34.3 Å². The largest absolute Gasteiger partial charge is 0.484 e. The quantitative estimate of drug-likeness (QED) is 0.314. The highest BCUT2D eigenvalue weighted by Crippen LogP contribution is 2.38. The van der Waals surface area contributed by atoms with Crippen LogP contribution >= 0.6 is 24.0 Å². The van der Waals surface area contributed by atoms with Gasteiger partial charge in [-0.2, -0.15) is 13.2 Å². The summed E-state index contributed by atoms with van der Waals surface area (Å²) in [5.74, 6) is 0.750. The number of hydrogen-bond acceptors (Lipinski definition) is 3. The van der Waals surface area contributed by atoms with E-state index in [2.05, 4.69) is 15.6 Å². The minimum Gasteiger partial charge on any atom is -0.484 e. The SMILES string of the molecule is CN=C(NCc1ccccc1OCC(F)(F)F)NCC1(C(=O)N(C)C)CCCC1.I. The molecule has 0 atom stereocenters. The van der Waals surface area contributed by atoms with Crippen LogP contribution < -0.4 is 15.4 Å². The zero-order valence-corrected chi connectivity index (χ0v) is 19.8. The Morgan fingerprint density at radius 2 is 1.83 bits per heavy atom. The van der Waals surface area contributed by atoms with Crippen molar-refractivity contribution in [3.63, 3.8) is 0 Å². The maximum atomic E-state index is 12.7.